The maximum Gasteiger partial charge on any atom is -0.00502 e. The summed E-state index contributed by atoms with van der Waals surface area (Å²) in [5.41, 5.74) is 2.05. The molecule has 0 saturated carbocycles. The van der Waals surface area contributed by atoms with Gasteiger partial charge in [0.05, 0.1) is 0 Å². The lowest BCUT2D eigenvalue weighted by Gasteiger charge is -2.31. The molecule has 1 aliphatic rings. The first-order chi connectivity index (χ1) is 4.49. The summed E-state index contributed by atoms with van der Waals surface area (Å²) in [6, 6.07) is 0. The first-order valence-electron chi connectivity index (χ1n) is 3.99. The minimum absolute atomic E-state index is 0.517. The van der Waals surface area contributed by atoms with Gasteiger partial charge in [-0.2, -0.15) is 0 Å². The van der Waals surface area contributed by atoms with Crippen molar-refractivity contribution in [2.24, 2.45) is 5.41 Å². The Hall–Kier alpha value is -0.260. The van der Waals surface area contributed by atoms with Gasteiger partial charge in [-0.25, -0.2) is 0 Å². The van der Waals surface area contributed by atoms with Crippen LogP contribution >= 0.6 is 0 Å². The van der Waals surface area contributed by atoms with Crippen molar-refractivity contribution in [3.05, 3.63) is 17.6 Å². The Labute approximate surface area is 64.3 Å². The Kier molecular flexibility index (Phi) is 1.89. The summed E-state index contributed by atoms with van der Waals surface area (Å²) in [6.45, 7) is 9.13. The van der Waals surface area contributed by atoms with E-state index < -0.39 is 0 Å². The van der Waals surface area contributed by atoms with Crippen LogP contribution in [0.15, 0.2) is 11.6 Å². The van der Waals surface area contributed by atoms with Crippen LogP contribution < -0.4 is 0 Å². The zero-order chi connectivity index (χ0) is 7.78. The molecule has 0 nitrogen and oxygen atoms in total. The molecule has 1 aliphatic carbocycles. The van der Waals surface area contributed by atoms with Crippen LogP contribution in [0.25, 0.3) is 0 Å². The molecule has 0 aromatic rings. The zero-order valence-corrected chi connectivity index (χ0v) is 7.49. The van der Waals surface area contributed by atoms with Crippen molar-refractivity contribution in [2.75, 3.05) is 0 Å². The van der Waals surface area contributed by atoms with E-state index in [0.29, 0.717) is 5.41 Å². The number of rotatable bonds is 0. The van der Waals surface area contributed by atoms with Gasteiger partial charge < -0.3 is 0 Å². The highest BCUT2D eigenvalue weighted by Gasteiger charge is 2.24. The summed E-state index contributed by atoms with van der Waals surface area (Å²) < 4.78 is 0. The summed E-state index contributed by atoms with van der Waals surface area (Å²) in [5, 5.41) is 0. The molecule has 10 heavy (non-hydrogen) atoms. The van der Waals surface area contributed by atoms with Gasteiger partial charge in [0.1, 0.15) is 0 Å². The molecule has 0 heteroatoms. The minimum atomic E-state index is 0.517. The smallest absolute Gasteiger partial charge is 0.00502 e. The predicted octanol–water partition coefficient (Wildman–Crippen LogP) is 3.35. The van der Waals surface area contributed by atoms with Crippen molar-refractivity contribution < 1.29 is 0 Å². The average Bonchev–Trinajstić information content (AvgIpc) is 1.54. The summed E-state index contributed by atoms with van der Waals surface area (Å²) in [7, 11) is 0. The molecular weight excluding hydrogens is 120 g/mol. The van der Waals surface area contributed by atoms with Gasteiger partial charge >= 0.3 is 0 Å². The highest BCUT2D eigenvalue weighted by molar-refractivity contribution is 5.20. The molecule has 0 aromatic heterocycles. The maximum absolute atomic E-state index is 2.34. The summed E-state index contributed by atoms with van der Waals surface area (Å²) in [4.78, 5) is 0. The van der Waals surface area contributed by atoms with Crippen molar-refractivity contribution in [3.8, 4) is 0 Å². The largest absolute Gasteiger partial charge is 0.0788 e. The Morgan fingerprint density at radius 3 is 2.20 bits per heavy atom. The lowest BCUT2D eigenvalue weighted by Crippen LogP contribution is -2.18. The Bertz CT molecular complexity index is 151. The first kappa shape index (κ1) is 7.84. The molecular formula is C10H17. The predicted molar refractivity (Wildman–Crippen MR) is 45.7 cm³/mol. The fraction of sp³-hybridized carbons (Fsp3) is 0.700. The van der Waals surface area contributed by atoms with Crippen LogP contribution in [0.3, 0.4) is 0 Å². The molecule has 1 rings (SSSR count). The quantitative estimate of drug-likeness (QED) is 0.480. The zero-order valence-electron chi connectivity index (χ0n) is 7.49. The third-order valence-electron chi connectivity index (χ3n) is 2.01. The van der Waals surface area contributed by atoms with E-state index >= 15 is 0 Å². The van der Waals surface area contributed by atoms with E-state index in [2.05, 4.69) is 33.8 Å². The van der Waals surface area contributed by atoms with E-state index in [4.69, 9.17) is 0 Å². The number of allylic oxidation sites excluding steroid dienone is 2. The second-order valence-corrected chi connectivity index (χ2v) is 4.35. The standard InChI is InChI=1S/C10H17/c1-8-5-9(2)7-10(3,4)6-8/h5H,6-7H2,1-4H3. The third kappa shape index (κ3) is 1.86. The van der Waals surface area contributed by atoms with Gasteiger partial charge in [-0.15, -0.1) is 0 Å². The normalized spacial score (nSPS) is 26.2. The molecule has 0 saturated heterocycles. The number of hydrogen-bond acceptors (Lipinski definition) is 0. The molecule has 1 radical (unpaired) electrons. The van der Waals surface area contributed by atoms with Crippen molar-refractivity contribution in [3.63, 3.8) is 0 Å². The van der Waals surface area contributed by atoms with Gasteiger partial charge in [-0.1, -0.05) is 32.4 Å². The van der Waals surface area contributed by atoms with E-state index in [-0.39, 0.29) is 0 Å². The molecule has 0 heterocycles. The van der Waals surface area contributed by atoms with Gasteiger partial charge in [0.25, 0.3) is 0 Å². The van der Waals surface area contributed by atoms with E-state index in [9.17, 15) is 0 Å². The first-order valence-corrected chi connectivity index (χ1v) is 3.99. The highest BCUT2D eigenvalue weighted by Crippen LogP contribution is 2.38. The average molecular weight is 137 g/mol. The second kappa shape index (κ2) is 2.41. The molecule has 0 bridgehead atoms. The third-order valence-corrected chi connectivity index (χ3v) is 2.01. The fourth-order valence-corrected chi connectivity index (χ4v) is 2.09. The molecule has 0 aromatic carbocycles. The molecule has 0 N–H and O–H groups in total. The number of hydrogen-bond donors (Lipinski definition) is 0. The van der Waals surface area contributed by atoms with Crippen LogP contribution in [0.2, 0.25) is 0 Å². The van der Waals surface area contributed by atoms with Gasteiger partial charge in [-0.05, 0) is 31.1 Å². The van der Waals surface area contributed by atoms with E-state index in [1.807, 2.05) is 0 Å². The van der Waals surface area contributed by atoms with Gasteiger partial charge in [-0.3, -0.25) is 0 Å². The summed E-state index contributed by atoms with van der Waals surface area (Å²) in [5.74, 6) is 1.54. The second-order valence-electron chi connectivity index (χ2n) is 4.35. The van der Waals surface area contributed by atoms with Crippen LogP contribution in [0.1, 0.15) is 40.5 Å². The molecule has 0 fully saturated rings. The van der Waals surface area contributed by atoms with E-state index in [0.717, 1.165) is 0 Å². The Morgan fingerprint density at radius 1 is 1.20 bits per heavy atom. The molecule has 0 amide bonds. The van der Waals surface area contributed by atoms with E-state index in [1.165, 1.54) is 24.3 Å². The molecule has 0 atom stereocenters. The summed E-state index contributed by atoms with van der Waals surface area (Å²) >= 11 is 0. The van der Waals surface area contributed by atoms with Gasteiger partial charge in [0.2, 0.25) is 0 Å². The lowest BCUT2D eigenvalue weighted by molar-refractivity contribution is 0.334. The van der Waals surface area contributed by atoms with Crippen LogP contribution in [0, 0.1) is 11.3 Å². The summed E-state index contributed by atoms with van der Waals surface area (Å²) in [6.07, 6.45) is 4.86. The highest BCUT2D eigenvalue weighted by atomic mass is 14.3. The van der Waals surface area contributed by atoms with Crippen molar-refractivity contribution in [1.82, 2.24) is 0 Å². The Morgan fingerprint density at radius 2 is 1.80 bits per heavy atom. The van der Waals surface area contributed by atoms with Crippen LogP contribution in [-0.2, 0) is 0 Å². The van der Waals surface area contributed by atoms with Crippen molar-refractivity contribution in [2.45, 2.75) is 40.5 Å². The van der Waals surface area contributed by atoms with Crippen molar-refractivity contribution >= 4 is 0 Å². The minimum Gasteiger partial charge on any atom is -0.0788 e. The monoisotopic (exact) mass is 137 g/mol. The van der Waals surface area contributed by atoms with Crippen LogP contribution in [-0.4, -0.2) is 0 Å². The van der Waals surface area contributed by atoms with Crippen molar-refractivity contribution in [1.29, 1.82) is 0 Å². The fourth-order valence-electron chi connectivity index (χ4n) is 2.09. The van der Waals surface area contributed by atoms with Crippen LogP contribution in [0.5, 0.6) is 0 Å². The lowest BCUT2D eigenvalue weighted by atomic mass is 9.74. The van der Waals surface area contributed by atoms with Gasteiger partial charge in [0.15, 0.2) is 0 Å². The SMILES string of the molecule is C[C]1C=C(C)CC(C)(C)C1. The van der Waals surface area contributed by atoms with Crippen LogP contribution in [0.4, 0.5) is 0 Å². The molecule has 0 aliphatic heterocycles. The van der Waals surface area contributed by atoms with Gasteiger partial charge in [0, 0.05) is 0 Å². The molecule has 0 spiro atoms. The Balaban J connectivity index is 2.70. The van der Waals surface area contributed by atoms with E-state index in [1.54, 1.807) is 0 Å². The molecule has 57 valence electrons. The molecule has 0 unspecified atom stereocenters. The topological polar surface area (TPSA) is 0 Å². The maximum atomic E-state index is 2.34.